The Kier molecular flexibility index (Phi) is 4.51. The molecule has 3 aromatic carbocycles. The molecule has 3 nitrogen and oxygen atoms in total. The van der Waals surface area contributed by atoms with E-state index in [4.69, 9.17) is 4.99 Å². The topological polar surface area (TPSA) is 34.4 Å². The molecular formula is C27H19FN2OS. The van der Waals surface area contributed by atoms with Crippen molar-refractivity contribution in [2.45, 2.75) is 18.9 Å². The maximum atomic E-state index is 13.6. The highest BCUT2D eigenvalue weighted by Gasteiger charge is 2.32. The molecule has 1 atom stereocenters. The van der Waals surface area contributed by atoms with Crippen LogP contribution >= 0.6 is 11.3 Å². The summed E-state index contributed by atoms with van der Waals surface area (Å²) >= 11 is 1.39. The predicted octanol–water partition coefficient (Wildman–Crippen LogP) is 4.46. The van der Waals surface area contributed by atoms with Crippen LogP contribution in [0, 0.1) is 5.82 Å². The van der Waals surface area contributed by atoms with Crippen LogP contribution in [0.2, 0.25) is 0 Å². The van der Waals surface area contributed by atoms with Gasteiger partial charge in [-0.1, -0.05) is 78.1 Å². The molecule has 0 bridgehead atoms. The number of allylic oxidation sites excluding steroid dienone is 1. The van der Waals surface area contributed by atoms with Crippen LogP contribution in [0.3, 0.4) is 0 Å². The van der Waals surface area contributed by atoms with E-state index in [2.05, 4.69) is 30.3 Å². The maximum Gasteiger partial charge on any atom is 0.271 e. The summed E-state index contributed by atoms with van der Waals surface area (Å²) in [6, 6.07) is 24.6. The predicted molar refractivity (Wildman–Crippen MR) is 126 cm³/mol. The highest BCUT2D eigenvalue weighted by atomic mass is 32.1. The monoisotopic (exact) mass is 438 g/mol. The van der Waals surface area contributed by atoms with Crippen LogP contribution in [0.5, 0.6) is 0 Å². The number of hydrogen-bond acceptors (Lipinski definition) is 3. The van der Waals surface area contributed by atoms with Crippen molar-refractivity contribution in [3.8, 4) is 0 Å². The van der Waals surface area contributed by atoms with Crippen molar-refractivity contribution < 1.29 is 4.39 Å². The van der Waals surface area contributed by atoms with Crippen LogP contribution in [-0.2, 0) is 6.42 Å². The Morgan fingerprint density at radius 2 is 1.69 bits per heavy atom. The molecule has 0 amide bonds. The molecule has 0 saturated carbocycles. The van der Waals surface area contributed by atoms with Crippen molar-refractivity contribution in [2.75, 3.05) is 0 Å². The highest BCUT2D eigenvalue weighted by molar-refractivity contribution is 7.07. The van der Waals surface area contributed by atoms with E-state index in [1.807, 2.05) is 34.9 Å². The van der Waals surface area contributed by atoms with E-state index in [1.165, 1.54) is 34.6 Å². The van der Waals surface area contributed by atoms with Crippen molar-refractivity contribution in [3.63, 3.8) is 0 Å². The van der Waals surface area contributed by atoms with Gasteiger partial charge in [0.05, 0.1) is 16.3 Å². The molecule has 32 heavy (non-hydrogen) atoms. The minimum Gasteiger partial charge on any atom is -0.272 e. The summed E-state index contributed by atoms with van der Waals surface area (Å²) in [7, 11) is 0. The van der Waals surface area contributed by atoms with Gasteiger partial charge in [-0.25, -0.2) is 9.38 Å². The number of hydrogen-bond donors (Lipinski definition) is 0. The molecule has 1 unspecified atom stereocenters. The van der Waals surface area contributed by atoms with Gasteiger partial charge in [-0.15, -0.1) is 0 Å². The zero-order chi connectivity index (χ0) is 21.7. The summed E-state index contributed by atoms with van der Waals surface area (Å²) in [5, 5.41) is 0. The molecule has 0 saturated heterocycles. The third-order valence-corrected chi connectivity index (χ3v) is 7.14. The summed E-state index contributed by atoms with van der Waals surface area (Å²) in [6.07, 6.45) is 3.63. The summed E-state index contributed by atoms with van der Waals surface area (Å²) in [6.45, 7) is 0. The Morgan fingerprint density at radius 1 is 0.938 bits per heavy atom. The fourth-order valence-electron chi connectivity index (χ4n) is 4.67. The molecule has 4 aromatic rings. The molecule has 1 aliphatic heterocycles. The molecule has 1 aliphatic carbocycles. The number of halogens is 1. The third kappa shape index (κ3) is 3.09. The van der Waals surface area contributed by atoms with E-state index in [0.29, 0.717) is 9.33 Å². The molecule has 6 rings (SSSR count). The van der Waals surface area contributed by atoms with Crippen molar-refractivity contribution in [2.24, 2.45) is 4.99 Å². The van der Waals surface area contributed by atoms with Crippen LogP contribution in [-0.4, -0.2) is 4.57 Å². The number of nitrogens with zero attached hydrogens (tertiary/aromatic N) is 2. The molecule has 0 fully saturated rings. The van der Waals surface area contributed by atoms with Gasteiger partial charge < -0.3 is 0 Å². The first-order valence-electron chi connectivity index (χ1n) is 10.6. The summed E-state index contributed by atoms with van der Waals surface area (Å²) in [4.78, 5) is 19.3. The van der Waals surface area contributed by atoms with Gasteiger partial charge in [0.1, 0.15) is 5.82 Å². The van der Waals surface area contributed by atoms with Gasteiger partial charge in [0.25, 0.3) is 5.56 Å². The van der Waals surface area contributed by atoms with Crippen molar-refractivity contribution >= 4 is 23.1 Å². The molecule has 156 valence electrons. The van der Waals surface area contributed by atoms with Crippen LogP contribution < -0.4 is 14.9 Å². The lowest BCUT2D eigenvalue weighted by Gasteiger charge is -2.30. The van der Waals surface area contributed by atoms with E-state index in [0.717, 1.165) is 35.2 Å². The van der Waals surface area contributed by atoms with E-state index in [-0.39, 0.29) is 17.4 Å². The fraction of sp³-hybridized carbons (Fsp3) is 0.111. The lowest BCUT2D eigenvalue weighted by atomic mass is 9.83. The Hall–Kier alpha value is -3.57. The van der Waals surface area contributed by atoms with Crippen molar-refractivity contribution in [3.05, 3.63) is 132 Å². The first kappa shape index (κ1) is 19.1. The van der Waals surface area contributed by atoms with E-state index < -0.39 is 0 Å². The maximum absolute atomic E-state index is 13.6. The molecule has 0 spiro atoms. The highest BCUT2D eigenvalue weighted by Crippen LogP contribution is 2.41. The zero-order valence-corrected chi connectivity index (χ0v) is 18.0. The Labute approximate surface area is 188 Å². The van der Waals surface area contributed by atoms with E-state index >= 15 is 0 Å². The standard InChI is InChI=1S/C27H19FN2OS/c28-20-13-10-17(11-14-20)16-23-26(31)30-25(19-7-2-1-3-8-19)22-15-12-18-6-4-5-9-21(18)24(22)29-27(30)32-23/h1-11,13-14,16,25H,12,15H2. The second kappa shape index (κ2) is 7.53. The smallest absolute Gasteiger partial charge is 0.271 e. The minimum atomic E-state index is -0.293. The fourth-order valence-corrected chi connectivity index (χ4v) is 5.67. The largest absolute Gasteiger partial charge is 0.272 e. The first-order chi connectivity index (χ1) is 15.7. The Morgan fingerprint density at radius 3 is 2.50 bits per heavy atom. The minimum absolute atomic E-state index is 0.0580. The Balaban J connectivity index is 1.62. The van der Waals surface area contributed by atoms with Crippen LogP contribution in [0.4, 0.5) is 4.39 Å². The molecule has 5 heteroatoms. The van der Waals surface area contributed by atoms with Gasteiger partial charge in [-0.05, 0) is 53.3 Å². The van der Waals surface area contributed by atoms with Gasteiger partial charge >= 0.3 is 0 Å². The van der Waals surface area contributed by atoms with E-state index in [1.54, 1.807) is 12.1 Å². The molecule has 1 aromatic heterocycles. The SMILES string of the molecule is O=c1c(=Cc2ccc(F)cc2)sc2n1C(c1ccccc1)C1=C(N=2)c2ccccc2CC1. The van der Waals surface area contributed by atoms with Gasteiger partial charge in [0.15, 0.2) is 4.80 Å². The van der Waals surface area contributed by atoms with Crippen molar-refractivity contribution in [1.82, 2.24) is 4.57 Å². The molecule has 2 aliphatic rings. The van der Waals surface area contributed by atoms with Crippen LogP contribution in [0.1, 0.15) is 34.7 Å². The van der Waals surface area contributed by atoms with Gasteiger partial charge in [0.2, 0.25) is 0 Å². The van der Waals surface area contributed by atoms with Crippen molar-refractivity contribution in [1.29, 1.82) is 0 Å². The number of rotatable bonds is 2. The van der Waals surface area contributed by atoms with Crippen LogP contribution in [0.25, 0.3) is 11.8 Å². The average molecular weight is 439 g/mol. The number of thiazole rings is 1. The summed E-state index contributed by atoms with van der Waals surface area (Å²) in [5.41, 5.74) is 6.46. The zero-order valence-electron chi connectivity index (χ0n) is 17.2. The average Bonchev–Trinajstić information content (AvgIpc) is 3.14. The molecule has 0 radical (unpaired) electrons. The Bertz CT molecular complexity index is 1550. The quantitative estimate of drug-likeness (QED) is 0.455. The lowest BCUT2D eigenvalue weighted by molar-refractivity contribution is 0.585. The second-order valence-corrected chi connectivity index (χ2v) is 9.09. The summed E-state index contributed by atoms with van der Waals surface area (Å²) in [5.74, 6) is -0.293. The van der Waals surface area contributed by atoms with Gasteiger partial charge in [0, 0.05) is 5.56 Å². The molecule has 0 N–H and O–H groups in total. The van der Waals surface area contributed by atoms with Crippen LogP contribution in [0.15, 0.2) is 94.2 Å². The normalized spacial score (nSPS) is 17.4. The van der Waals surface area contributed by atoms with Gasteiger partial charge in [-0.2, -0.15) is 0 Å². The molecule has 2 heterocycles. The number of aromatic nitrogens is 1. The lowest BCUT2D eigenvalue weighted by Crippen LogP contribution is -2.38. The summed E-state index contributed by atoms with van der Waals surface area (Å²) < 4.78 is 15.8. The van der Waals surface area contributed by atoms with Gasteiger partial charge in [-0.3, -0.25) is 9.36 Å². The number of benzene rings is 3. The first-order valence-corrected chi connectivity index (χ1v) is 11.4. The number of fused-ring (bicyclic) bond motifs is 3. The third-order valence-electron chi connectivity index (χ3n) is 6.16. The molecular weight excluding hydrogens is 419 g/mol. The second-order valence-electron chi connectivity index (χ2n) is 8.08. The number of aryl methyl sites for hydroxylation is 1. The van der Waals surface area contributed by atoms with E-state index in [9.17, 15) is 9.18 Å².